The van der Waals surface area contributed by atoms with Crippen molar-refractivity contribution in [3.05, 3.63) is 29.8 Å². The Balaban J connectivity index is 1.45. The van der Waals surface area contributed by atoms with E-state index in [1.165, 1.54) is 31.5 Å². The van der Waals surface area contributed by atoms with E-state index < -0.39 is 0 Å². The fourth-order valence-corrected chi connectivity index (χ4v) is 3.95. The minimum Gasteiger partial charge on any atom is -0.493 e. The first kappa shape index (κ1) is 19.2. The molecule has 1 aromatic carbocycles. The van der Waals surface area contributed by atoms with Gasteiger partial charge in [0.2, 0.25) is 5.91 Å². The van der Waals surface area contributed by atoms with Gasteiger partial charge in [0.1, 0.15) is 5.75 Å². The van der Waals surface area contributed by atoms with Crippen LogP contribution in [0.1, 0.15) is 38.2 Å². The number of piperidine rings is 1. The van der Waals surface area contributed by atoms with Gasteiger partial charge in [-0.1, -0.05) is 25.1 Å². The topological polar surface area (TPSA) is 44.8 Å². The molecule has 0 radical (unpaired) electrons. The second-order valence-electron chi connectivity index (χ2n) is 7.73. The molecule has 0 bridgehead atoms. The minimum atomic E-state index is 0.157. The molecule has 2 aliphatic heterocycles. The zero-order valence-corrected chi connectivity index (χ0v) is 16.1. The molecule has 0 aliphatic carbocycles. The van der Waals surface area contributed by atoms with Gasteiger partial charge in [0.05, 0.1) is 6.61 Å². The van der Waals surface area contributed by atoms with Crippen LogP contribution >= 0.6 is 0 Å². The van der Waals surface area contributed by atoms with Crippen molar-refractivity contribution in [1.82, 2.24) is 15.1 Å². The van der Waals surface area contributed by atoms with Crippen LogP contribution in [0.3, 0.4) is 0 Å². The summed E-state index contributed by atoms with van der Waals surface area (Å²) < 4.78 is 6.11. The molecule has 2 aliphatic rings. The van der Waals surface area contributed by atoms with E-state index in [-0.39, 0.29) is 5.91 Å². The highest BCUT2D eigenvalue weighted by molar-refractivity contribution is 5.76. The van der Waals surface area contributed by atoms with Gasteiger partial charge >= 0.3 is 0 Å². The van der Waals surface area contributed by atoms with Crippen molar-refractivity contribution < 1.29 is 9.53 Å². The molecule has 144 valence electrons. The summed E-state index contributed by atoms with van der Waals surface area (Å²) in [4.78, 5) is 16.4. The van der Waals surface area contributed by atoms with E-state index in [1.54, 1.807) is 0 Å². The maximum Gasteiger partial charge on any atom is 0.221 e. The molecule has 2 fully saturated rings. The van der Waals surface area contributed by atoms with Crippen LogP contribution in [0, 0.1) is 5.92 Å². The second kappa shape index (κ2) is 9.93. The third-order valence-electron chi connectivity index (χ3n) is 5.39. The average Bonchev–Trinajstić information content (AvgIpc) is 2.84. The number of nitrogens with zero attached hydrogens (tertiary/aromatic N) is 2. The first-order valence-electron chi connectivity index (χ1n) is 10.1. The van der Waals surface area contributed by atoms with Crippen molar-refractivity contribution >= 4 is 5.91 Å². The molecule has 3 rings (SSSR count). The Kier molecular flexibility index (Phi) is 7.32. The van der Waals surface area contributed by atoms with Crippen LogP contribution in [-0.2, 0) is 11.3 Å². The molecule has 0 aromatic heterocycles. The van der Waals surface area contributed by atoms with E-state index in [1.807, 2.05) is 6.07 Å². The summed E-state index contributed by atoms with van der Waals surface area (Å²) >= 11 is 0. The summed E-state index contributed by atoms with van der Waals surface area (Å²) in [6, 6.07) is 8.32. The van der Waals surface area contributed by atoms with Gasteiger partial charge < -0.3 is 15.0 Å². The van der Waals surface area contributed by atoms with Gasteiger partial charge in [-0.25, -0.2) is 0 Å². The third-order valence-corrected chi connectivity index (χ3v) is 5.39. The first-order valence-corrected chi connectivity index (χ1v) is 10.1. The lowest BCUT2D eigenvalue weighted by Crippen LogP contribution is -2.35. The molecule has 5 heteroatoms. The Bertz CT molecular complexity index is 578. The van der Waals surface area contributed by atoms with Crippen LogP contribution in [0.2, 0.25) is 0 Å². The van der Waals surface area contributed by atoms with Gasteiger partial charge in [-0.15, -0.1) is 0 Å². The van der Waals surface area contributed by atoms with Crippen LogP contribution < -0.4 is 10.1 Å². The molecule has 2 heterocycles. The van der Waals surface area contributed by atoms with E-state index in [2.05, 4.69) is 40.2 Å². The molecule has 0 spiro atoms. The lowest BCUT2D eigenvalue weighted by molar-refractivity contribution is -0.120. The molecule has 5 nitrogen and oxygen atoms in total. The van der Waals surface area contributed by atoms with Crippen molar-refractivity contribution in [2.24, 2.45) is 5.92 Å². The van der Waals surface area contributed by atoms with Gasteiger partial charge in [-0.2, -0.15) is 0 Å². The van der Waals surface area contributed by atoms with Gasteiger partial charge in [-0.05, 0) is 37.8 Å². The molecular formula is C21H33N3O2. The number of amides is 1. The van der Waals surface area contributed by atoms with Crippen LogP contribution in [0.5, 0.6) is 5.75 Å². The third kappa shape index (κ3) is 5.99. The average molecular weight is 360 g/mol. The van der Waals surface area contributed by atoms with Crippen molar-refractivity contribution in [3.8, 4) is 5.75 Å². The minimum absolute atomic E-state index is 0.157. The number of hydrogen-bond donors (Lipinski definition) is 1. The summed E-state index contributed by atoms with van der Waals surface area (Å²) in [6.07, 6.45) is 4.36. The standard InChI is InChI=1S/C21H33N3O2/c1-18-6-4-11-23(16-18)12-5-15-26-20-8-3-2-7-19(20)17-24-13-9-21(25)22-10-14-24/h2-3,7-8,18H,4-6,9-17H2,1H3,(H,22,25)/t18-/m0/s1. The molecule has 1 atom stereocenters. The molecule has 1 aromatic rings. The summed E-state index contributed by atoms with van der Waals surface area (Å²) in [7, 11) is 0. The maximum atomic E-state index is 11.5. The van der Waals surface area contributed by atoms with Crippen LogP contribution in [0.25, 0.3) is 0 Å². The summed E-state index contributed by atoms with van der Waals surface area (Å²) in [5.74, 6) is 1.98. The van der Waals surface area contributed by atoms with Crippen molar-refractivity contribution in [2.45, 2.75) is 39.2 Å². The highest BCUT2D eigenvalue weighted by Crippen LogP contribution is 2.21. The largest absolute Gasteiger partial charge is 0.493 e. The Morgan fingerprint density at radius 3 is 2.96 bits per heavy atom. The number of para-hydroxylation sites is 1. The number of benzene rings is 1. The number of hydrogen-bond acceptors (Lipinski definition) is 4. The normalized spacial score (nSPS) is 22.7. The highest BCUT2D eigenvalue weighted by Gasteiger charge is 2.17. The predicted molar refractivity (Wildman–Crippen MR) is 104 cm³/mol. The number of likely N-dealkylation sites (tertiary alicyclic amines) is 1. The van der Waals surface area contributed by atoms with E-state index in [0.717, 1.165) is 57.4 Å². The Morgan fingerprint density at radius 1 is 1.19 bits per heavy atom. The molecule has 26 heavy (non-hydrogen) atoms. The van der Waals surface area contributed by atoms with E-state index >= 15 is 0 Å². The molecular weight excluding hydrogens is 326 g/mol. The second-order valence-corrected chi connectivity index (χ2v) is 7.73. The van der Waals surface area contributed by atoms with E-state index in [0.29, 0.717) is 6.42 Å². The lowest BCUT2D eigenvalue weighted by Gasteiger charge is -2.30. The molecule has 0 saturated carbocycles. The van der Waals surface area contributed by atoms with Gasteiger partial charge in [0.25, 0.3) is 0 Å². The summed E-state index contributed by atoms with van der Waals surface area (Å²) in [5, 5.41) is 2.93. The fourth-order valence-electron chi connectivity index (χ4n) is 3.95. The Morgan fingerprint density at radius 2 is 2.08 bits per heavy atom. The number of carbonyl (C=O) groups excluding carboxylic acids is 1. The van der Waals surface area contributed by atoms with Crippen molar-refractivity contribution in [2.75, 3.05) is 45.9 Å². The number of nitrogens with one attached hydrogen (secondary N) is 1. The van der Waals surface area contributed by atoms with Gasteiger partial charge in [-0.3, -0.25) is 9.69 Å². The van der Waals surface area contributed by atoms with Crippen LogP contribution in [0.4, 0.5) is 0 Å². The maximum absolute atomic E-state index is 11.5. The van der Waals surface area contributed by atoms with E-state index in [4.69, 9.17) is 4.74 Å². The molecule has 1 N–H and O–H groups in total. The Hall–Kier alpha value is -1.59. The number of rotatable bonds is 7. The Labute approximate surface area is 157 Å². The van der Waals surface area contributed by atoms with Gasteiger partial charge in [0.15, 0.2) is 0 Å². The summed E-state index contributed by atoms with van der Waals surface area (Å²) in [6.45, 7) is 10.0. The molecule has 1 amide bonds. The monoisotopic (exact) mass is 359 g/mol. The first-order chi connectivity index (χ1) is 12.7. The SMILES string of the molecule is C[C@H]1CCCN(CCCOc2ccccc2CN2CCNC(=O)CC2)C1. The lowest BCUT2D eigenvalue weighted by atomic mass is 10.0. The zero-order valence-electron chi connectivity index (χ0n) is 16.1. The quantitative estimate of drug-likeness (QED) is 0.760. The number of ether oxygens (including phenoxy) is 1. The van der Waals surface area contributed by atoms with Crippen LogP contribution in [-0.4, -0.2) is 61.6 Å². The van der Waals surface area contributed by atoms with Gasteiger partial charge in [0, 0.05) is 51.3 Å². The highest BCUT2D eigenvalue weighted by atomic mass is 16.5. The molecule has 0 unspecified atom stereocenters. The fraction of sp³-hybridized carbons (Fsp3) is 0.667. The predicted octanol–water partition coefficient (Wildman–Crippen LogP) is 2.51. The van der Waals surface area contributed by atoms with Crippen molar-refractivity contribution in [3.63, 3.8) is 0 Å². The smallest absolute Gasteiger partial charge is 0.221 e. The van der Waals surface area contributed by atoms with E-state index in [9.17, 15) is 4.79 Å². The van der Waals surface area contributed by atoms with Crippen molar-refractivity contribution in [1.29, 1.82) is 0 Å². The summed E-state index contributed by atoms with van der Waals surface area (Å²) in [5.41, 5.74) is 1.22. The zero-order chi connectivity index (χ0) is 18.2. The van der Waals surface area contributed by atoms with Crippen LogP contribution in [0.15, 0.2) is 24.3 Å². The number of carbonyl (C=O) groups is 1. The molecule has 2 saturated heterocycles.